The molecule has 27 heavy (non-hydrogen) atoms. The molecule has 2 aromatic rings. The van der Waals surface area contributed by atoms with Gasteiger partial charge in [-0.1, -0.05) is 0 Å². The van der Waals surface area contributed by atoms with Crippen LogP contribution in [-0.4, -0.2) is 28.4 Å². The number of rotatable bonds is 4. The fourth-order valence-electron chi connectivity index (χ4n) is 2.79. The molecule has 1 aliphatic heterocycles. The number of pyridine rings is 1. The van der Waals surface area contributed by atoms with Crippen LogP contribution in [-0.2, 0) is 11.3 Å². The number of hydrogen-bond donors (Lipinski definition) is 2. The van der Waals surface area contributed by atoms with E-state index in [1.165, 1.54) is 11.8 Å². The Morgan fingerprint density at radius 2 is 2.22 bits per heavy atom. The van der Waals surface area contributed by atoms with E-state index in [-0.39, 0.29) is 18.8 Å². The van der Waals surface area contributed by atoms with Crippen LogP contribution < -0.4 is 10.6 Å². The topological polar surface area (TPSA) is 98.1 Å². The van der Waals surface area contributed by atoms with Gasteiger partial charge in [0.05, 0.1) is 36.1 Å². The first-order valence-corrected chi connectivity index (χ1v) is 8.06. The third kappa shape index (κ3) is 4.00. The highest BCUT2D eigenvalue weighted by Gasteiger charge is 2.25. The largest absolute Gasteiger partial charge is 0.346 e. The minimum absolute atomic E-state index is 0.100. The first-order valence-electron chi connectivity index (χ1n) is 8.06. The molecule has 3 rings (SSSR count). The summed E-state index contributed by atoms with van der Waals surface area (Å²) in [5, 5.41) is 14.2. The highest BCUT2D eigenvalue weighted by molar-refractivity contribution is 5.95. The van der Waals surface area contributed by atoms with Crippen LogP contribution in [0, 0.1) is 23.0 Å². The Hall–Kier alpha value is -3.54. The number of carbonyl (C=O) groups excluding carboxylic acids is 2. The second-order valence-corrected chi connectivity index (χ2v) is 6.08. The van der Waals surface area contributed by atoms with Crippen LogP contribution in [0.3, 0.4) is 0 Å². The number of halogens is 2. The Balaban J connectivity index is 1.66. The van der Waals surface area contributed by atoms with Gasteiger partial charge in [0, 0.05) is 11.8 Å². The van der Waals surface area contributed by atoms with Crippen molar-refractivity contribution in [2.24, 2.45) is 0 Å². The third-order valence-corrected chi connectivity index (χ3v) is 4.08. The van der Waals surface area contributed by atoms with Gasteiger partial charge in [-0.25, -0.2) is 13.6 Å². The van der Waals surface area contributed by atoms with E-state index in [9.17, 15) is 18.4 Å². The van der Waals surface area contributed by atoms with Gasteiger partial charge in [0.1, 0.15) is 18.2 Å². The van der Waals surface area contributed by atoms with Crippen LogP contribution in [0.5, 0.6) is 0 Å². The van der Waals surface area contributed by atoms with Crippen molar-refractivity contribution in [3.05, 3.63) is 58.9 Å². The molecule has 0 radical (unpaired) electrons. The van der Waals surface area contributed by atoms with Crippen molar-refractivity contribution in [1.82, 2.24) is 15.2 Å². The molecule has 0 fully saturated rings. The lowest BCUT2D eigenvalue weighted by Gasteiger charge is -2.29. The van der Waals surface area contributed by atoms with Gasteiger partial charge in [-0.3, -0.25) is 9.78 Å². The monoisotopic (exact) mass is 371 g/mol. The SMILES string of the molecule is C[C@H](NC(=O)CN1Cc2cc(C#N)ccc2NC1=O)c1ncc(F)cc1F. The Bertz CT molecular complexity index is 957. The number of nitrogens with one attached hydrogen (secondary N) is 2. The lowest BCUT2D eigenvalue weighted by Crippen LogP contribution is -2.45. The highest BCUT2D eigenvalue weighted by Crippen LogP contribution is 2.24. The number of hydrogen-bond acceptors (Lipinski definition) is 4. The number of urea groups is 1. The number of nitrogens with zero attached hydrogens (tertiary/aromatic N) is 3. The number of aromatic nitrogens is 1. The van der Waals surface area contributed by atoms with E-state index < -0.39 is 29.6 Å². The summed E-state index contributed by atoms with van der Waals surface area (Å²) in [5.41, 5.74) is 1.64. The smallest absolute Gasteiger partial charge is 0.322 e. The van der Waals surface area contributed by atoms with Crippen molar-refractivity contribution in [3.8, 4) is 6.07 Å². The van der Waals surface area contributed by atoms with Crippen LogP contribution in [0.2, 0.25) is 0 Å². The van der Waals surface area contributed by atoms with Crippen molar-refractivity contribution in [3.63, 3.8) is 0 Å². The van der Waals surface area contributed by atoms with E-state index in [2.05, 4.69) is 15.6 Å². The number of fused-ring (bicyclic) bond motifs is 1. The molecular weight excluding hydrogens is 356 g/mol. The van der Waals surface area contributed by atoms with Gasteiger partial charge in [0.2, 0.25) is 5.91 Å². The van der Waals surface area contributed by atoms with Crippen LogP contribution in [0.4, 0.5) is 19.3 Å². The van der Waals surface area contributed by atoms with E-state index in [0.29, 0.717) is 22.9 Å². The van der Waals surface area contributed by atoms with Crippen LogP contribution >= 0.6 is 0 Å². The van der Waals surface area contributed by atoms with Gasteiger partial charge in [0.15, 0.2) is 0 Å². The Labute approximate surface area is 153 Å². The molecule has 2 N–H and O–H groups in total. The average molecular weight is 371 g/mol. The van der Waals surface area contributed by atoms with Crippen molar-refractivity contribution >= 4 is 17.6 Å². The highest BCUT2D eigenvalue weighted by atomic mass is 19.1. The lowest BCUT2D eigenvalue weighted by atomic mass is 10.1. The Morgan fingerprint density at radius 3 is 2.93 bits per heavy atom. The first-order chi connectivity index (χ1) is 12.9. The quantitative estimate of drug-likeness (QED) is 0.863. The number of anilines is 1. The zero-order valence-electron chi connectivity index (χ0n) is 14.3. The number of benzene rings is 1. The molecule has 7 nitrogen and oxygen atoms in total. The van der Waals surface area contributed by atoms with Gasteiger partial charge in [-0.2, -0.15) is 5.26 Å². The van der Waals surface area contributed by atoms with Gasteiger partial charge < -0.3 is 15.5 Å². The molecule has 9 heteroatoms. The number of amides is 3. The summed E-state index contributed by atoms with van der Waals surface area (Å²) in [7, 11) is 0. The molecule has 1 aromatic carbocycles. The third-order valence-electron chi connectivity index (χ3n) is 4.08. The number of carbonyl (C=O) groups is 2. The van der Waals surface area contributed by atoms with E-state index in [1.807, 2.05) is 6.07 Å². The maximum absolute atomic E-state index is 13.8. The molecule has 0 bridgehead atoms. The van der Waals surface area contributed by atoms with Crippen LogP contribution in [0.15, 0.2) is 30.5 Å². The maximum Gasteiger partial charge on any atom is 0.322 e. The van der Waals surface area contributed by atoms with Crippen molar-refractivity contribution in [2.75, 3.05) is 11.9 Å². The van der Waals surface area contributed by atoms with Gasteiger partial charge in [-0.05, 0) is 30.7 Å². The van der Waals surface area contributed by atoms with E-state index >= 15 is 0 Å². The standard InChI is InChI=1S/C18H15F2N5O2/c1-10(17-14(20)5-13(19)7-22-17)23-16(26)9-25-8-12-4-11(6-21)2-3-15(12)24-18(25)27/h2-5,7,10H,8-9H2,1H3,(H,23,26)(H,24,27)/t10-/m0/s1. The molecule has 0 aliphatic carbocycles. The molecule has 138 valence electrons. The molecule has 0 saturated carbocycles. The molecule has 0 saturated heterocycles. The molecule has 3 amide bonds. The molecular formula is C18H15F2N5O2. The summed E-state index contributed by atoms with van der Waals surface area (Å²) in [4.78, 5) is 29.3. The summed E-state index contributed by atoms with van der Waals surface area (Å²) in [6.45, 7) is 1.39. The average Bonchev–Trinajstić information content (AvgIpc) is 2.61. The van der Waals surface area contributed by atoms with Gasteiger partial charge >= 0.3 is 6.03 Å². The van der Waals surface area contributed by atoms with E-state index in [1.54, 1.807) is 18.2 Å². The molecule has 1 atom stereocenters. The first kappa shape index (κ1) is 18.3. The van der Waals surface area contributed by atoms with Crippen molar-refractivity contribution in [1.29, 1.82) is 5.26 Å². The number of nitriles is 1. The predicted octanol–water partition coefficient (Wildman–Crippen LogP) is 2.46. The zero-order valence-corrected chi connectivity index (χ0v) is 14.3. The van der Waals surface area contributed by atoms with Crippen molar-refractivity contribution < 1.29 is 18.4 Å². The summed E-state index contributed by atoms with van der Waals surface area (Å²) < 4.78 is 26.7. The Morgan fingerprint density at radius 1 is 1.44 bits per heavy atom. The fourth-order valence-corrected chi connectivity index (χ4v) is 2.79. The molecule has 1 aromatic heterocycles. The molecule has 0 spiro atoms. The zero-order chi connectivity index (χ0) is 19.6. The summed E-state index contributed by atoms with van der Waals surface area (Å²) in [6.07, 6.45) is 0.864. The minimum atomic E-state index is -0.864. The molecule has 1 aliphatic rings. The maximum atomic E-state index is 13.8. The second kappa shape index (κ2) is 7.37. The predicted molar refractivity (Wildman–Crippen MR) is 91.3 cm³/mol. The fraction of sp³-hybridized carbons (Fsp3) is 0.222. The van der Waals surface area contributed by atoms with Crippen molar-refractivity contribution in [2.45, 2.75) is 19.5 Å². The lowest BCUT2D eigenvalue weighted by molar-refractivity contribution is -0.122. The molecule has 2 heterocycles. The summed E-state index contributed by atoms with van der Waals surface area (Å²) >= 11 is 0. The van der Waals surface area contributed by atoms with E-state index in [0.717, 1.165) is 6.20 Å². The van der Waals surface area contributed by atoms with Crippen LogP contribution in [0.1, 0.15) is 29.8 Å². The molecule has 0 unspecified atom stereocenters. The minimum Gasteiger partial charge on any atom is -0.346 e. The normalized spacial score (nSPS) is 14.0. The van der Waals surface area contributed by atoms with Gasteiger partial charge in [0.25, 0.3) is 0 Å². The van der Waals surface area contributed by atoms with E-state index in [4.69, 9.17) is 5.26 Å². The second-order valence-electron chi connectivity index (χ2n) is 6.08. The summed E-state index contributed by atoms with van der Waals surface area (Å²) in [5.74, 6) is -2.20. The Kier molecular flexibility index (Phi) is 4.98. The summed E-state index contributed by atoms with van der Waals surface area (Å²) in [6, 6.07) is 6.31. The van der Waals surface area contributed by atoms with Gasteiger partial charge in [-0.15, -0.1) is 0 Å². The van der Waals surface area contributed by atoms with Crippen LogP contribution in [0.25, 0.3) is 0 Å².